The maximum Gasteiger partial charge on any atom is 0.391 e. The molecule has 2 rings (SSSR count). The van der Waals surface area contributed by atoms with Gasteiger partial charge in [0.15, 0.2) is 0 Å². The molecule has 1 fully saturated rings. The molecule has 0 aromatic heterocycles. The van der Waals surface area contributed by atoms with Crippen LogP contribution in [0.2, 0.25) is 5.02 Å². The highest BCUT2D eigenvalue weighted by molar-refractivity contribution is 6.31. The standard InChI is InChI=1S/C15H19ClF3N/c1-10(13-4-2-3-5-14(13)16)20-12-8-6-11(7-9-12)15(17,18)19/h2-5,10-12,20H,6-9H2,1H3/t10-,11?,12?/m0/s1. The lowest BCUT2D eigenvalue weighted by atomic mass is 9.85. The Morgan fingerprint density at radius 3 is 2.30 bits per heavy atom. The van der Waals surface area contributed by atoms with Gasteiger partial charge in [0, 0.05) is 17.1 Å². The van der Waals surface area contributed by atoms with Crippen LogP contribution in [0, 0.1) is 5.92 Å². The zero-order valence-corrected chi connectivity index (χ0v) is 12.1. The van der Waals surface area contributed by atoms with Gasteiger partial charge in [-0.05, 0) is 44.2 Å². The van der Waals surface area contributed by atoms with Gasteiger partial charge in [0.1, 0.15) is 0 Å². The molecule has 1 saturated carbocycles. The van der Waals surface area contributed by atoms with Gasteiger partial charge < -0.3 is 5.32 Å². The number of nitrogens with one attached hydrogen (secondary N) is 1. The van der Waals surface area contributed by atoms with Gasteiger partial charge in [-0.2, -0.15) is 13.2 Å². The van der Waals surface area contributed by atoms with Gasteiger partial charge in [-0.3, -0.25) is 0 Å². The monoisotopic (exact) mass is 305 g/mol. The minimum absolute atomic E-state index is 0.0520. The van der Waals surface area contributed by atoms with Crippen molar-refractivity contribution in [1.29, 1.82) is 0 Å². The van der Waals surface area contributed by atoms with Crippen LogP contribution in [0.4, 0.5) is 13.2 Å². The van der Waals surface area contributed by atoms with Gasteiger partial charge in [-0.1, -0.05) is 29.8 Å². The van der Waals surface area contributed by atoms with Crippen molar-refractivity contribution in [2.75, 3.05) is 0 Å². The highest BCUT2D eigenvalue weighted by atomic mass is 35.5. The van der Waals surface area contributed by atoms with Crippen LogP contribution in [-0.4, -0.2) is 12.2 Å². The summed E-state index contributed by atoms with van der Waals surface area (Å²) in [5.74, 6) is -1.13. The minimum atomic E-state index is -4.04. The largest absolute Gasteiger partial charge is 0.391 e. The first-order chi connectivity index (χ1) is 9.38. The van der Waals surface area contributed by atoms with Crippen molar-refractivity contribution >= 4 is 11.6 Å². The molecule has 0 saturated heterocycles. The molecule has 0 heterocycles. The number of hydrogen-bond donors (Lipinski definition) is 1. The van der Waals surface area contributed by atoms with E-state index in [1.165, 1.54) is 0 Å². The van der Waals surface area contributed by atoms with E-state index in [1.807, 2.05) is 31.2 Å². The second kappa shape index (κ2) is 6.35. The first-order valence-corrected chi connectivity index (χ1v) is 7.33. The Kier molecular flexibility index (Phi) is 4.97. The fraction of sp³-hybridized carbons (Fsp3) is 0.600. The zero-order chi connectivity index (χ0) is 14.8. The van der Waals surface area contributed by atoms with E-state index >= 15 is 0 Å². The van der Waals surface area contributed by atoms with Gasteiger partial charge in [0.05, 0.1) is 5.92 Å². The third-order valence-corrected chi connectivity index (χ3v) is 4.39. The van der Waals surface area contributed by atoms with Gasteiger partial charge >= 0.3 is 6.18 Å². The van der Waals surface area contributed by atoms with Crippen molar-refractivity contribution in [3.05, 3.63) is 34.9 Å². The van der Waals surface area contributed by atoms with E-state index < -0.39 is 12.1 Å². The third kappa shape index (κ3) is 3.89. The Morgan fingerprint density at radius 2 is 1.75 bits per heavy atom. The van der Waals surface area contributed by atoms with Gasteiger partial charge in [-0.15, -0.1) is 0 Å². The number of benzene rings is 1. The van der Waals surface area contributed by atoms with Crippen LogP contribution in [0.5, 0.6) is 0 Å². The Hall–Kier alpha value is -0.740. The molecular formula is C15H19ClF3N. The Balaban J connectivity index is 1.88. The lowest BCUT2D eigenvalue weighted by Gasteiger charge is -2.32. The molecule has 112 valence electrons. The zero-order valence-electron chi connectivity index (χ0n) is 11.4. The van der Waals surface area contributed by atoms with Crippen LogP contribution in [0.1, 0.15) is 44.2 Å². The molecule has 0 radical (unpaired) electrons. The quantitative estimate of drug-likeness (QED) is 0.818. The van der Waals surface area contributed by atoms with Crippen molar-refractivity contribution in [1.82, 2.24) is 5.32 Å². The molecule has 1 aromatic rings. The van der Waals surface area contributed by atoms with Crippen molar-refractivity contribution in [2.45, 2.75) is 50.9 Å². The van der Waals surface area contributed by atoms with Crippen LogP contribution in [0.25, 0.3) is 0 Å². The fourth-order valence-corrected chi connectivity index (χ4v) is 3.16. The molecular weight excluding hydrogens is 287 g/mol. The number of halogens is 4. The molecule has 0 amide bonds. The van der Waals surface area contributed by atoms with Crippen LogP contribution in [-0.2, 0) is 0 Å². The molecule has 20 heavy (non-hydrogen) atoms. The molecule has 0 spiro atoms. The number of hydrogen-bond acceptors (Lipinski definition) is 1. The Morgan fingerprint density at radius 1 is 1.15 bits per heavy atom. The van der Waals surface area contributed by atoms with Crippen LogP contribution >= 0.6 is 11.6 Å². The molecule has 1 aromatic carbocycles. The maximum atomic E-state index is 12.6. The summed E-state index contributed by atoms with van der Waals surface area (Å²) in [6.07, 6.45) is -2.47. The molecule has 1 atom stereocenters. The Bertz CT molecular complexity index is 439. The van der Waals surface area contributed by atoms with Crippen molar-refractivity contribution < 1.29 is 13.2 Å². The summed E-state index contributed by atoms with van der Waals surface area (Å²) in [4.78, 5) is 0. The third-order valence-electron chi connectivity index (χ3n) is 4.05. The van der Waals surface area contributed by atoms with E-state index in [0.717, 1.165) is 5.56 Å². The molecule has 1 N–H and O–H groups in total. The number of rotatable bonds is 3. The highest BCUT2D eigenvalue weighted by Gasteiger charge is 2.41. The van der Waals surface area contributed by atoms with E-state index in [-0.39, 0.29) is 24.9 Å². The summed E-state index contributed by atoms with van der Waals surface area (Å²) >= 11 is 6.13. The second-order valence-corrected chi connectivity index (χ2v) is 5.91. The van der Waals surface area contributed by atoms with E-state index in [9.17, 15) is 13.2 Å². The average Bonchev–Trinajstić information content (AvgIpc) is 2.38. The highest BCUT2D eigenvalue weighted by Crippen LogP contribution is 2.38. The summed E-state index contributed by atoms with van der Waals surface area (Å²) in [6, 6.07) is 7.75. The topological polar surface area (TPSA) is 12.0 Å². The summed E-state index contributed by atoms with van der Waals surface area (Å²) < 4.78 is 37.8. The van der Waals surface area contributed by atoms with Crippen molar-refractivity contribution in [3.8, 4) is 0 Å². The molecule has 1 nitrogen and oxygen atoms in total. The predicted molar refractivity (Wildman–Crippen MR) is 74.8 cm³/mol. The lowest BCUT2D eigenvalue weighted by molar-refractivity contribution is -0.182. The first kappa shape index (κ1) is 15.6. The molecule has 0 unspecified atom stereocenters. The van der Waals surface area contributed by atoms with E-state index in [2.05, 4.69) is 5.32 Å². The van der Waals surface area contributed by atoms with Crippen LogP contribution in [0.3, 0.4) is 0 Å². The molecule has 0 aliphatic heterocycles. The molecule has 0 bridgehead atoms. The normalized spacial score (nSPS) is 25.4. The van der Waals surface area contributed by atoms with Crippen molar-refractivity contribution in [3.63, 3.8) is 0 Å². The SMILES string of the molecule is C[C@H](NC1CCC(C(F)(F)F)CC1)c1ccccc1Cl. The second-order valence-electron chi connectivity index (χ2n) is 5.50. The summed E-state index contributed by atoms with van der Waals surface area (Å²) in [6.45, 7) is 2.00. The summed E-state index contributed by atoms with van der Waals surface area (Å²) in [7, 11) is 0. The summed E-state index contributed by atoms with van der Waals surface area (Å²) in [5.41, 5.74) is 0.993. The lowest BCUT2D eigenvalue weighted by Crippen LogP contribution is -2.38. The van der Waals surface area contributed by atoms with E-state index in [0.29, 0.717) is 17.9 Å². The molecule has 1 aliphatic rings. The number of alkyl halides is 3. The fourth-order valence-electron chi connectivity index (χ4n) is 2.86. The molecule has 1 aliphatic carbocycles. The maximum absolute atomic E-state index is 12.6. The summed E-state index contributed by atoms with van der Waals surface area (Å²) in [5, 5.41) is 4.09. The average molecular weight is 306 g/mol. The minimum Gasteiger partial charge on any atom is -0.307 e. The van der Waals surface area contributed by atoms with Gasteiger partial charge in [0.2, 0.25) is 0 Å². The van der Waals surface area contributed by atoms with E-state index in [1.54, 1.807) is 0 Å². The van der Waals surface area contributed by atoms with Crippen molar-refractivity contribution in [2.24, 2.45) is 5.92 Å². The predicted octanol–water partition coefficient (Wildman–Crippen LogP) is 5.11. The van der Waals surface area contributed by atoms with Crippen LogP contribution < -0.4 is 5.32 Å². The van der Waals surface area contributed by atoms with E-state index in [4.69, 9.17) is 11.6 Å². The van der Waals surface area contributed by atoms with Gasteiger partial charge in [0.25, 0.3) is 0 Å². The smallest absolute Gasteiger partial charge is 0.307 e. The first-order valence-electron chi connectivity index (χ1n) is 6.95. The van der Waals surface area contributed by atoms with Gasteiger partial charge in [-0.25, -0.2) is 0 Å². The molecule has 5 heteroatoms. The van der Waals surface area contributed by atoms with Crippen LogP contribution in [0.15, 0.2) is 24.3 Å². The Labute approximate surface area is 122 Å².